The molecule has 1 aliphatic rings. The number of hydrogen-bond acceptors (Lipinski definition) is 2. The van der Waals surface area contributed by atoms with Crippen LogP contribution in [0.3, 0.4) is 0 Å². The Morgan fingerprint density at radius 2 is 1.62 bits per heavy atom. The van der Waals surface area contributed by atoms with Crippen molar-refractivity contribution in [2.75, 3.05) is 0 Å². The van der Waals surface area contributed by atoms with Crippen LogP contribution in [0.2, 0.25) is 0 Å². The van der Waals surface area contributed by atoms with Gasteiger partial charge in [0.25, 0.3) is 0 Å². The molecule has 3 nitrogen and oxygen atoms in total. The van der Waals surface area contributed by atoms with Crippen LogP contribution in [0.4, 0.5) is 0 Å². The molecule has 0 radical (unpaired) electrons. The van der Waals surface area contributed by atoms with E-state index in [9.17, 15) is 4.79 Å². The number of benzene rings is 1. The van der Waals surface area contributed by atoms with Gasteiger partial charge in [-0.3, -0.25) is 10.1 Å². The highest BCUT2D eigenvalue weighted by Gasteiger charge is 2.35. The minimum absolute atomic E-state index is 0.295. The first-order valence-electron chi connectivity index (χ1n) is 8.08. The number of carbonyl (C=O) groups excluding carboxylic acids is 1. The first-order chi connectivity index (χ1) is 9.91. The summed E-state index contributed by atoms with van der Waals surface area (Å²) >= 11 is 0. The van der Waals surface area contributed by atoms with Gasteiger partial charge in [0, 0.05) is 6.04 Å². The average Bonchev–Trinajstić information content (AvgIpc) is 2.65. The van der Waals surface area contributed by atoms with E-state index in [0.717, 1.165) is 18.4 Å². The molecule has 1 atom stereocenters. The Bertz CT molecular complexity index is 484. The van der Waals surface area contributed by atoms with Gasteiger partial charge in [-0.1, -0.05) is 55.0 Å². The van der Waals surface area contributed by atoms with E-state index in [2.05, 4.69) is 37.4 Å². The van der Waals surface area contributed by atoms with E-state index in [1.807, 2.05) is 6.92 Å². The lowest BCUT2D eigenvalue weighted by Gasteiger charge is -2.33. The van der Waals surface area contributed by atoms with Crippen molar-refractivity contribution >= 4 is 5.91 Å². The van der Waals surface area contributed by atoms with Crippen LogP contribution in [-0.4, -0.2) is 11.9 Å². The molecule has 1 fully saturated rings. The van der Waals surface area contributed by atoms with Crippen molar-refractivity contribution in [1.29, 1.82) is 0 Å². The zero-order valence-corrected chi connectivity index (χ0v) is 13.5. The van der Waals surface area contributed by atoms with Gasteiger partial charge in [0.15, 0.2) is 0 Å². The van der Waals surface area contributed by atoms with Crippen molar-refractivity contribution in [3.05, 3.63) is 34.9 Å². The number of primary amides is 1. The van der Waals surface area contributed by atoms with E-state index in [0.29, 0.717) is 6.04 Å². The minimum atomic E-state index is -0.786. The molecule has 0 aliphatic heterocycles. The standard InChI is InChI=1S/C18H28N2O/c1-13-10-14(2)12-15(11-13)18(3,17(19)21)20-16-8-6-4-5-7-9-16/h10-12,16,20H,4-9H2,1-3H3,(H2,19,21). The van der Waals surface area contributed by atoms with Crippen LogP contribution in [0.5, 0.6) is 0 Å². The molecular formula is C18H28N2O. The van der Waals surface area contributed by atoms with Gasteiger partial charge in [-0.2, -0.15) is 0 Å². The fourth-order valence-electron chi connectivity index (χ4n) is 3.39. The SMILES string of the molecule is Cc1cc(C)cc(C(C)(NC2CCCCCC2)C(N)=O)c1. The molecule has 1 saturated carbocycles. The molecular weight excluding hydrogens is 260 g/mol. The molecule has 1 aromatic carbocycles. The summed E-state index contributed by atoms with van der Waals surface area (Å²) in [7, 11) is 0. The topological polar surface area (TPSA) is 55.1 Å². The van der Waals surface area contributed by atoms with Gasteiger partial charge >= 0.3 is 0 Å². The molecule has 0 saturated heterocycles. The lowest BCUT2D eigenvalue weighted by Crippen LogP contribution is -2.54. The Morgan fingerprint density at radius 1 is 1.10 bits per heavy atom. The molecule has 2 rings (SSSR count). The molecule has 3 heteroatoms. The van der Waals surface area contributed by atoms with E-state index in [-0.39, 0.29) is 5.91 Å². The molecule has 1 aromatic rings. The highest BCUT2D eigenvalue weighted by Crippen LogP contribution is 2.27. The summed E-state index contributed by atoms with van der Waals surface area (Å²) in [6.07, 6.45) is 7.34. The molecule has 1 unspecified atom stereocenters. The number of amides is 1. The third-order valence-electron chi connectivity index (χ3n) is 4.64. The third-order valence-corrected chi connectivity index (χ3v) is 4.64. The lowest BCUT2D eigenvalue weighted by molar-refractivity contribution is -0.124. The number of nitrogens with one attached hydrogen (secondary N) is 1. The highest BCUT2D eigenvalue weighted by molar-refractivity contribution is 5.85. The van der Waals surface area contributed by atoms with Crippen LogP contribution in [-0.2, 0) is 10.3 Å². The van der Waals surface area contributed by atoms with Crippen LogP contribution >= 0.6 is 0 Å². The maximum absolute atomic E-state index is 12.2. The third kappa shape index (κ3) is 3.85. The van der Waals surface area contributed by atoms with Crippen molar-refractivity contribution in [3.8, 4) is 0 Å². The molecule has 21 heavy (non-hydrogen) atoms. The molecule has 116 valence electrons. The molecule has 0 aromatic heterocycles. The van der Waals surface area contributed by atoms with Gasteiger partial charge in [-0.25, -0.2) is 0 Å². The van der Waals surface area contributed by atoms with Gasteiger partial charge in [0.1, 0.15) is 5.54 Å². The maximum atomic E-state index is 12.2. The smallest absolute Gasteiger partial charge is 0.242 e. The van der Waals surface area contributed by atoms with Crippen LogP contribution < -0.4 is 11.1 Å². The molecule has 1 amide bonds. The Labute approximate surface area is 128 Å². The highest BCUT2D eigenvalue weighted by atomic mass is 16.1. The van der Waals surface area contributed by atoms with Gasteiger partial charge in [-0.15, -0.1) is 0 Å². The molecule has 0 spiro atoms. The normalized spacial score (nSPS) is 19.8. The van der Waals surface area contributed by atoms with Crippen LogP contribution in [0.15, 0.2) is 18.2 Å². The van der Waals surface area contributed by atoms with E-state index in [1.165, 1.54) is 36.8 Å². The van der Waals surface area contributed by atoms with Gasteiger partial charge in [0.05, 0.1) is 0 Å². The summed E-state index contributed by atoms with van der Waals surface area (Å²) < 4.78 is 0. The van der Waals surface area contributed by atoms with E-state index < -0.39 is 5.54 Å². The summed E-state index contributed by atoms with van der Waals surface area (Å²) in [4.78, 5) is 12.2. The second-order valence-electron chi connectivity index (χ2n) is 6.70. The van der Waals surface area contributed by atoms with Gasteiger partial charge in [-0.05, 0) is 39.2 Å². The van der Waals surface area contributed by atoms with Crippen molar-refractivity contribution in [2.24, 2.45) is 5.73 Å². The number of rotatable bonds is 4. The summed E-state index contributed by atoms with van der Waals surface area (Å²) in [5.74, 6) is -0.295. The lowest BCUT2D eigenvalue weighted by atomic mass is 9.87. The maximum Gasteiger partial charge on any atom is 0.242 e. The fraction of sp³-hybridized carbons (Fsp3) is 0.611. The molecule has 0 heterocycles. The number of carbonyl (C=O) groups is 1. The second-order valence-corrected chi connectivity index (χ2v) is 6.70. The predicted molar refractivity (Wildman–Crippen MR) is 87.1 cm³/mol. The Balaban J connectivity index is 2.28. The van der Waals surface area contributed by atoms with E-state index in [4.69, 9.17) is 5.73 Å². The van der Waals surface area contributed by atoms with Crippen molar-refractivity contribution in [1.82, 2.24) is 5.32 Å². The Morgan fingerprint density at radius 3 is 2.10 bits per heavy atom. The van der Waals surface area contributed by atoms with Crippen molar-refractivity contribution < 1.29 is 4.79 Å². The number of nitrogens with two attached hydrogens (primary N) is 1. The van der Waals surface area contributed by atoms with Crippen LogP contribution in [0.25, 0.3) is 0 Å². The molecule has 0 bridgehead atoms. The summed E-state index contributed by atoms with van der Waals surface area (Å²) in [5, 5.41) is 3.57. The molecule has 1 aliphatic carbocycles. The average molecular weight is 288 g/mol. The summed E-state index contributed by atoms with van der Waals surface area (Å²) in [6, 6.07) is 6.64. The largest absolute Gasteiger partial charge is 0.368 e. The van der Waals surface area contributed by atoms with Crippen LogP contribution in [0, 0.1) is 13.8 Å². The Hall–Kier alpha value is -1.35. The van der Waals surface area contributed by atoms with Crippen molar-refractivity contribution in [3.63, 3.8) is 0 Å². The minimum Gasteiger partial charge on any atom is -0.368 e. The summed E-state index contributed by atoms with van der Waals surface area (Å²) in [5.41, 5.74) is 8.29. The monoisotopic (exact) mass is 288 g/mol. The second kappa shape index (κ2) is 6.61. The van der Waals surface area contributed by atoms with E-state index in [1.54, 1.807) is 0 Å². The quantitative estimate of drug-likeness (QED) is 0.835. The number of hydrogen-bond donors (Lipinski definition) is 2. The first kappa shape index (κ1) is 16.0. The van der Waals surface area contributed by atoms with Gasteiger partial charge < -0.3 is 5.73 Å². The van der Waals surface area contributed by atoms with E-state index >= 15 is 0 Å². The predicted octanol–water partition coefficient (Wildman–Crippen LogP) is 3.32. The van der Waals surface area contributed by atoms with Crippen molar-refractivity contribution in [2.45, 2.75) is 70.9 Å². The zero-order chi connectivity index (χ0) is 15.5. The van der Waals surface area contributed by atoms with Gasteiger partial charge in [0.2, 0.25) is 5.91 Å². The Kier molecular flexibility index (Phi) is 5.04. The number of aryl methyl sites for hydroxylation is 2. The summed E-state index contributed by atoms with van der Waals surface area (Å²) in [6.45, 7) is 6.04. The zero-order valence-electron chi connectivity index (χ0n) is 13.5. The van der Waals surface area contributed by atoms with Crippen LogP contribution in [0.1, 0.15) is 62.1 Å². The fourth-order valence-corrected chi connectivity index (χ4v) is 3.39. The first-order valence-corrected chi connectivity index (χ1v) is 8.08. The molecule has 3 N–H and O–H groups in total.